The van der Waals surface area contributed by atoms with Crippen molar-refractivity contribution in [3.05, 3.63) is 73.1 Å². The number of pyridine rings is 2. The number of aromatic nitrogens is 5. The van der Waals surface area contributed by atoms with Crippen LogP contribution in [0.25, 0.3) is 27.7 Å². The van der Waals surface area contributed by atoms with Gasteiger partial charge in [0.25, 0.3) is 0 Å². The molecule has 0 aliphatic carbocycles. The maximum Gasteiger partial charge on any atom is 0.225 e. The van der Waals surface area contributed by atoms with Crippen molar-refractivity contribution in [1.82, 2.24) is 29.4 Å². The first kappa shape index (κ1) is 21.9. The van der Waals surface area contributed by atoms with Crippen molar-refractivity contribution in [2.75, 3.05) is 50.8 Å². The van der Waals surface area contributed by atoms with E-state index in [-0.39, 0.29) is 0 Å². The van der Waals surface area contributed by atoms with E-state index in [4.69, 9.17) is 9.72 Å². The summed E-state index contributed by atoms with van der Waals surface area (Å²) in [6.07, 6.45) is 13.0. The second-order valence-electron chi connectivity index (χ2n) is 8.98. The van der Waals surface area contributed by atoms with Gasteiger partial charge in [-0.2, -0.15) is 0 Å². The van der Waals surface area contributed by atoms with Crippen LogP contribution < -0.4 is 4.90 Å². The highest BCUT2D eigenvalue weighted by molar-refractivity contribution is 5.79. The number of anilines is 1. The average Bonchev–Trinajstić information content (AvgIpc) is 3.36. The van der Waals surface area contributed by atoms with Crippen LogP contribution in [0.2, 0.25) is 0 Å². The first-order valence-electron chi connectivity index (χ1n) is 12.3. The molecule has 8 heteroatoms. The zero-order valence-electron chi connectivity index (χ0n) is 19.8. The minimum atomic E-state index is 0.724. The van der Waals surface area contributed by atoms with Crippen molar-refractivity contribution < 1.29 is 4.74 Å². The Morgan fingerprint density at radius 3 is 2.51 bits per heavy atom. The smallest absolute Gasteiger partial charge is 0.225 e. The monoisotopic (exact) mass is 467 g/mol. The predicted octanol–water partition coefficient (Wildman–Crippen LogP) is 3.51. The van der Waals surface area contributed by atoms with Crippen LogP contribution in [-0.2, 0) is 11.3 Å². The number of fused-ring (bicyclic) bond motifs is 1. The Balaban J connectivity index is 1.14. The molecule has 0 amide bonds. The van der Waals surface area contributed by atoms with Crippen LogP contribution >= 0.6 is 0 Å². The number of hydrogen-bond acceptors (Lipinski definition) is 7. The van der Waals surface area contributed by atoms with Gasteiger partial charge in [-0.15, -0.1) is 0 Å². The van der Waals surface area contributed by atoms with E-state index in [1.165, 1.54) is 11.0 Å². The van der Waals surface area contributed by atoms with Gasteiger partial charge in [-0.05, 0) is 36.3 Å². The summed E-state index contributed by atoms with van der Waals surface area (Å²) >= 11 is 0. The van der Waals surface area contributed by atoms with E-state index in [2.05, 4.69) is 59.8 Å². The van der Waals surface area contributed by atoms with Gasteiger partial charge in [-0.3, -0.25) is 9.88 Å². The fourth-order valence-electron chi connectivity index (χ4n) is 4.86. The summed E-state index contributed by atoms with van der Waals surface area (Å²) in [7, 11) is 0. The van der Waals surface area contributed by atoms with Crippen molar-refractivity contribution >= 4 is 22.6 Å². The Morgan fingerprint density at radius 1 is 0.857 bits per heavy atom. The summed E-state index contributed by atoms with van der Waals surface area (Å²) in [5.74, 6) is 0.765. The molecule has 2 aliphatic rings. The summed E-state index contributed by atoms with van der Waals surface area (Å²) in [5, 5.41) is 1.19. The Hall–Kier alpha value is -3.62. The van der Waals surface area contributed by atoms with Gasteiger partial charge in [-0.25, -0.2) is 15.0 Å². The lowest BCUT2D eigenvalue weighted by Gasteiger charge is -2.27. The molecule has 1 saturated heterocycles. The van der Waals surface area contributed by atoms with Gasteiger partial charge < -0.3 is 14.2 Å². The van der Waals surface area contributed by atoms with Crippen molar-refractivity contribution in [3.8, 4) is 11.1 Å². The van der Waals surface area contributed by atoms with Crippen molar-refractivity contribution in [3.63, 3.8) is 0 Å². The maximum absolute atomic E-state index is 5.44. The largest absolute Gasteiger partial charge is 0.378 e. The van der Waals surface area contributed by atoms with Gasteiger partial charge in [-0.1, -0.05) is 12.1 Å². The molecule has 0 radical (unpaired) electrons. The molecule has 0 bridgehead atoms. The first-order valence-corrected chi connectivity index (χ1v) is 12.3. The topological polar surface area (TPSA) is 72.2 Å². The fourth-order valence-corrected chi connectivity index (χ4v) is 4.86. The lowest BCUT2D eigenvalue weighted by Crippen LogP contribution is -2.37. The highest BCUT2D eigenvalue weighted by Gasteiger charge is 2.18. The predicted molar refractivity (Wildman–Crippen MR) is 137 cm³/mol. The molecule has 0 spiro atoms. The Kier molecular flexibility index (Phi) is 6.21. The van der Waals surface area contributed by atoms with E-state index in [1.807, 2.05) is 36.9 Å². The zero-order chi connectivity index (χ0) is 23.5. The molecule has 0 unspecified atom stereocenters. The van der Waals surface area contributed by atoms with Gasteiger partial charge in [0.2, 0.25) is 5.95 Å². The minimum absolute atomic E-state index is 0.724. The molecule has 178 valence electrons. The SMILES string of the molecule is C1=C(c2ncccc2-c2cnc(N3CCOCC3)nc2)CCN(CCn2ccc3cccnc32)C1. The molecular formula is C27H29N7O. The summed E-state index contributed by atoms with van der Waals surface area (Å²) in [6, 6.07) is 10.3. The van der Waals surface area contributed by atoms with E-state index in [9.17, 15) is 0 Å². The fraction of sp³-hybridized carbons (Fsp3) is 0.333. The molecule has 2 aliphatic heterocycles. The van der Waals surface area contributed by atoms with Crippen LogP contribution in [0.15, 0.2) is 67.4 Å². The van der Waals surface area contributed by atoms with Crippen LogP contribution in [0, 0.1) is 0 Å². The molecule has 6 rings (SSSR count). The van der Waals surface area contributed by atoms with Gasteiger partial charge in [0.05, 0.1) is 18.9 Å². The second-order valence-corrected chi connectivity index (χ2v) is 8.98. The molecule has 8 nitrogen and oxygen atoms in total. The van der Waals surface area contributed by atoms with E-state index in [0.717, 1.165) is 87.3 Å². The third-order valence-electron chi connectivity index (χ3n) is 6.83. The molecule has 0 aromatic carbocycles. The highest BCUT2D eigenvalue weighted by Crippen LogP contribution is 2.30. The molecule has 0 N–H and O–H groups in total. The van der Waals surface area contributed by atoms with Crippen LogP contribution in [-0.4, -0.2) is 75.3 Å². The Morgan fingerprint density at radius 2 is 1.69 bits per heavy atom. The zero-order valence-corrected chi connectivity index (χ0v) is 19.8. The Bertz CT molecular complexity index is 1320. The number of rotatable bonds is 6. The molecule has 4 aromatic rings. The molecule has 0 atom stereocenters. The number of nitrogens with zero attached hydrogens (tertiary/aromatic N) is 7. The van der Waals surface area contributed by atoms with Gasteiger partial charge >= 0.3 is 0 Å². The summed E-state index contributed by atoms with van der Waals surface area (Å²) in [6.45, 7) is 6.98. The average molecular weight is 468 g/mol. The van der Waals surface area contributed by atoms with Crippen molar-refractivity contribution in [2.45, 2.75) is 13.0 Å². The van der Waals surface area contributed by atoms with Gasteiger partial charge in [0.1, 0.15) is 5.65 Å². The third-order valence-corrected chi connectivity index (χ3v) is 6.83. The third kappa shape index (κ3) is 4.67. The van der Waals surface area contributed by atoms with E-state index < -0.39 is 0 Å². The summed E-state index contributed by atoms with van der Waals surface area (Å²) in [5.41, 5.74) is 5.48. The lowest BCUT2D eigenvalue weighted by atomic mass is 9.97. The van der Waals surface area contributed by atoms with Gasteiger partial charge in [0, 0.05) is 86.8 Å². The number of morpholine rings is 1. The molecule has 35 heavy (non-hydrogen) atoms. The normalized spacial score (nSPS) is 17.0. The Labute approximate surface area is 204 Å². The van der Waals surface area contributed by atoms with Crippen LogP contribution in [0.3, 0.4) is 0 Å². The van der Waals surface area contributed by atoms with E-state index >= 15 is 0 Å². The maximum atomic E-state index is 5.44. The van der Waals surface area contributed by atoms with Crippen molar-refractivity contribution in [2.24, 2.45) is 0 Å². The van der Waals surface area contributed by atoms with Crippen LogP contribution in [0.5, 0.6) is 0 Å². The number of ether oxygens (including phenoxy) is 1. The minimum Gasteiger partial charge on any atom is -0.378 e. The standard InChI is InChI=1S/C27H29N7O/c1-3-22-7-12-33(26(22)29-9-1)14-13-32-10-5-21(6-11-32)25-24(4-2-8-28-25)23-19-30-27(31-20-23)34-15-17-35-18-16-34/h1-5,7-9,12,19-20H,6,10-11,13-18H2. The molecule has 4 aromatic heterocycles. The molecule has 0 saturated carbocycles. The number of hydrogen-bond donors (Lipinski definition) is 0. The second kappa shape index (κ2) is 9.93. The van der Waals surface area contributed by atoms with Crippen LogP contribution in [0.4, 0.5) is 5.95 Å². The van der Waals surface area contributed by atoms with Crippen LogP contribution in [0.1, 0.15) is 12.1 Å². The van der Waals surface area contributed by atoms with Gasteiger partial charge in [0.15, 0.2) is 0 Å². The highest BCUT2D eigenvalue weighted by atomic mass is 16.5. The quantitative estimate of drug-likeness (QED) is 0.430. The lowest BCUT2D eigenvalue weighted by molar-refractivity contribution is 0.122. The van der Waals surface area contributed by atoms with E-state index in [1.54, 1.807) is 0 Å². The summed E-state index contributed by atoms with van der Waals surface area (Å²) < 4.78 is 7.68. The first-order chi connectivity index (χ1) is 17.3. The molecule has 6 heterocycles. The summed E-state index contributed by atoms with van der Waals surface area (Å²) in [4.78, 5) is 23.2. The molecular weight excluding hydrogens is 438 g/mol. The van der Waals surface area contributed by atoms with Crippen molar-refractivity contribution in [1.29, 1.82) is 0 Å². The molecule has 1 fully saturated rings. The van der Waals surface area contributed by atoms with E-state index in [0.29, 0.717) is 0 Å².